The number of para-hydroxylation sites is 1. The molecule has 0 saturated heterocycles. The summed E-state index contributed by atoms with van der Waals surface area (Å²) in [6.07, 6.45) is 0. The summed E-state index contributed by atoms with van der Waals surface area (Å²) in [5.41, 5.74) is -0.320. The van der Waals surface area contributed by atoms with Gasteiger partial charge < -0.3 is 9.84 Å². The average molecular weight is 250 g/mol. The summed E-state index contributed by atoms with van der Waals surface area (Å²) in [6, 6.07) is 8.57. The maximum Gasteiger partial charge on any atom is 0.339 e. The summed E-state index contributed by atoms with van der Waals surface area (Å²) in [4.78, 5) is 10.9. The normalized spacial score (nSPS) is 10.1. The van der Waals surface area contributed by atoms with Crippen molar-refractivity contribution in [3.8, 4) is 11.5 Å². The molecule has 2 aromatic rings. The fraction of sp³-hybridized carbons (Fsp3) is 0. The van der Waals surface area contributed by atoms with Crippen LogP contribution in [0.3, 0.4) is 0 Å². The minimum Gasteiger partial charge on any atom is -0.478 e. The van der Waals surface area contributed by atoms with E-state index < -0.39 is 23.4 Å². The number of aromatic carboxylic acids is 1. The second-order valence-electron chi connectivity index (χ2n) is 3.48. The van der Waals surface area contributed by atoms with Crippen LogP contribution in [0.1, 0.15) is 10.4 Å². The van der Waals surface area contributed by atoms with E-state index in [1.165, 1.54) is 30.3 Å². The molecule has 5 heteroatoms. The number of rotatable bonds is 3. The molecule has 2 aromatic carbocycles. The van der Waals surface area contributed by atoms with Crippen molar-refractivity contribution in [3.05, 3.63) is 59.7 Å². The summed E-state index contributed by atoms with van der Waals surface area (Å²) in [5, 5.41) is 8.90. The molecule has 0 aliphatic rings. The van der Waals surface area contributed by atoms with E-state index in [1.54, 1.807) is 0 Å². The first-order valence-corrected chi connectivity index (χ1v) is 5.03. The Morgan fingerprint density at radius 3 is 2.50 bits per heavy atom. The lowest BCUT2D eigenvalue weighted by molar-refractivity contribution is 0.0693. The standard InChI is InChI=1S/C13H8F2O3/c14-8-3-1-4-9(7-8)18-12-10(13(16)17)5-2-6-11(12)15/h1-7H,(H,16,17). The minimum absolute atomic E-state index is 0.0302. The summed E-state index contributed by atoms with van der Waals surface area (Å²) < 4.78 is 31.5. The van der Waals surface area contributed by atoms with Gasteiger partial charge >= 0.3 is 5.97 Å². The Labute approximate surface area is 101 Å². The van der Waals surface area contributed by atoms with Gasteiger partial charge in [-0.25, -0.2) is 13.6 Å². The number of hydrogen-bond acceptors (Lipinski definition) is 2. The molecule has 1 N–H and O–H groups in total. The second kappa shape index (κ2) is 4.83. The third-order valence-corrected chi connectivity index (χ3v) is 2.21. The van der Waals surface area contributed by atoms with Crippen LogP contribution in [0.25, 0.3) is 0 Å². The molecule has 0 heterocycles. The van der Waals surface area contributed by atoms with Crippen molar-refractivity contribution in [1.29, 1.82) is 0 Å². The smallest absolute Gasteiger partial charge is 0.339 e. The SMILES string of the molecule is O=C(O)c1cccc(F)c1Oc1cccc(F)c1. The van der Waals surface area contributed by atoms with E-state index >= 15 is 0 Å². The Kier molecular flexibility index (Phi) is 3.23. The highest BCUT2D eigenvalue weighted by Gasteiger charge is 2.16. The second-order valence-corrected chi connectivity index (χ2v) is 3.48. The van der Waals surface area contributed by atoms with Gasteiger partial charge in [-0.15, -0.1) is 0 Å². The van der Waals surface area contributed by atoms with E-state index in [4.69, 9.17) is 9.84 Å². The molecule has 0 saturated carbocycles. The maximum atomic E-state index is 13.5. The largest absolute Gasteiger partial charge is 0.478 e. The number of ether oxygens (including phenoxy) is 1. The van der Waals surface area contributed by atoms with Crippen LogP contribution >= 0.6 is 0 Å². The van der Waals surface area contributed by atoms with Crippen molar-refractivity contribution in [3.63, 3.8) is 0 Å². The van der Waals surface area contributed by atoms with E-state index in [1.807, 2.05) is 0 Å². The Balaban J connectivity index is 2.42. The average Bonchev–Trinajstić information content (AvgIpc) is 2.31. The third-order valence-electron chi connectivity index (χ3n) is 2.21. The summed E-state index contributed by atoms with van der Waals surface area (Å²) in [7, 11) is 0. The number of carboxylic acid groups (broad SMARTS) is 1. The molecule has 2 rings (SSSR count). The van der Waals surface area contributed by atoms with E-state index in [0.29, 0.717) is 0 Å². The molecule has 0 fully saturated rings. The summed E-state index contributed by atoms with van der Waals surface area (Å²) >= 11 is 0. The van der Waals surface area contributed by atoms with Gasteiger partial charge in [-0.1, -0.05) is 12.1 Å². The highest BCUT2D eigenvalue weighted by atomic mass is 19.1. The third kappa shape index (κ3) is 2.45. The van der Waals surface area contributed by atoms with Gasteiger partial charge in [-0.2, -0.15) is 0 Å². The predicted octanol–water partition coefficient (Wildman–Crippen LogP) is 3.46. The molecule has 0 radical (unpaired) electrons. The molecular weight excluding hydrogens is 242 g/mol. The molecule has 3 nitrogen and oxygen atoms in total. The molecule has 0 unspecified atom stereocenters. The zero-order valence-electron chi connectivity index (χ0n) is 9.06. The first-order valence-electron chi connectivity index (χ1n) is 5.03. The lowest BCUT2D eigenvalue weighted by Gasteiger charge is -2.09. The van der Waals surface area contributed by atoms with Crippen molar-refractivity contribution < 1.29 is 23.4 Å². The molecule has 0 atom stereocenters. The Morgan fingerprint density at radius 1 is 1.11 bits per heavy atom. The first-order chi connectivity index (χ1) is 8.58. The van der Waals surface area contributed by atoms with E-state index in [0.717, 1.165) is 12.1 Å². The van der Waals surface area contributed by atoms with Crippen LogP contribution in [-0.4, -0.2) is 11.1 Å². The summed E-state index contributed by atoms with van der Waals surface area (Å²) in [6.45, 7) is 0. The van der Waals surface area contributed by atoms with Gasteiger partial charge in [0.1, 0.15) is 17.1 Å². The quantitative estimate of drug-likeness (QED) is 0.907. The Hall–Kier alpha value is -2.43. The van der Waals surface area contributed by atoms with Gasteiger partial charge in [0.25, 0.3) is 0 Å². The number of carboxylic acids is 1. The molecule has 0 amide bonds. The van der Waals surface area contributed by atoms with Crippen LogP contribution in [0.2, 0.25) is 0 Å². The lowest BCUT2D eigenvalue weighted by Crippen LogP contribution is -2.02. The van der Waals surface area contributed by atoms with Crippen LogP contribution in [0.5, 0.6) is 11.5 Å². The first kappa shape index (κ1) is 12.0. The van der Waals surface area contributed by atoms with Gasteiger partial charge in [0.15, 0.2) is 11.6 Å². The number of halogens is 2. The zero-order chi connectivity index (χ0) is 13.1. The van der Waals surface area contributed by atoms with Crippen LogP contribution < -0.4 is 4.74 Å². The van der Waals surface area contributed by atoms with Gasteiger partial charge in [0.05, 0.1) is 0 Å². The summed E-state index contributed by atoms with van der Waals surface area (Å²) in [5.74, 6) is -3.10. The van der Waals surface area contributed by atoms with Gasteiger partial charge in [0, 0.05) is 6.07 Å². The van der Waals surface area contributed by atoms with E-state index in [2.05, 4.69) is 0 Å². The molecule has 0 bridgehead atoms. The molecule has 0 aromatic heterocycles. The van der Waals surface area contributed by atoms with Gasteiger partial charge in [-0.3, -0.25) is 0 Å². The Bertz CT molecular complexity index is 597. The minimum atomic E-state index is -1.32. The van der Waals surface area contributed by atoms with E-state index in [9.17, 15) is 13.6 Å². The van der Waals surface area contributed by atoms with Crippen LogP contribution in [0.4, 0.5) is 8.78 Å². The van der Waals surface area contributed by atoms with Crippen molar-refractivity contribution in [1.82, 2.24) is 0 Å². The van der Waals surface area contributed by atoms with Crippen LogP contribution in [-0.2, 0) is 0 Å². The zero-order valence-corrected chi connectivity index (χ0v) is 9.06. The van der Waals surface area contributed by atoms with Crippen molar-refractivity contribution in [2.75, 3.05) is 0 Å². The fourth-order valence-electron chi connectivity index (χ4n) is 1.43. The number of benzene rings is 2. The predicted molar refractivity (Wildman–Crippen MR) is 59.8 cm³/mol. The van der Waals surface area contributed by atoms with Gasteiger partial charge in [-0.05, 0) is 24.3 Å². The van der Waals surface area contributed by atoms with Crippen molar-refractivity contribution >= 4 is 5.97 Å². The van der Waals surface area contributed by atoms with Crippen LogP contribution in [0.15, 0.2) is 42.5 Å². The molecule has 0 aliphatic heterocycles. The molecular formula is C13H8F2O3. The Morgan fingerprint density at radius 2 is 1.83 bits per heavy atom. The highest BCUT2D eigenvalue weighted by molar-refractivity contribution is 5.91. The van der Waals surface area contributed by atoms with E-state index in [-0.39, 0.29) is 11.3 Å². The van der Waals surface area contributed by atoms with Crippen molar-refractivity contribution in [2.24, 2.45) is 0 Å². The monoisotopic (exact) mass is 250 g/mol. The lowest BCUT2D eigenvalue weighted by atomic mass is 10.2. The number of hydrogen-bond donors (Lipinski definition) is 1. The fourth-order valence-corrected chi connectivity index (χ4v) is 1.43. The number of carbonyl (C=O) groups is 1. The molecule has 92 valence electrons. The van der Waals surface area contributed by atoms with Gasteiger partial charge in [0.2, 0.25) is 0 Å². The van der Waals surface area contributed by atoms with Crippen molar-refractivity contribution in [2.45, 2.75) is 0 Å². The maximum absolute atomic E-state index is 13.5. The highest BCUT2D eigenvalue weighted by Crippen LogP contribution is 2.28. The molecule has 0 spiro atoms. The van der Waals surface area contributed by atoms with Crippen LogP contribution in [0, 0.1) is 11.6 Å². The molecule has 18 heavy (non-hydrogen) atoms. The molecule has 0 aliphatic carbocycles. The topological polar surface area (TPSA) is 46.5 Å².